The van der Waals surface area contributed by atoms with Gasteiger partial charge in [0.2, 0.25) is 5.89 Å². The van der Waals surface area contributed by atoms with E-state index in [1.165, 1.54) is 12.1 Å². The van der Waals surface area contributed by atoms with Crippen molar-refractivity contribution in [3.63, 3.8) is 0 Å². The summed E-state index contributed by atoms with van der Waals surface area (Å²) in [6, 6.07) is 10.0. The second-order valence-electron chi connectivity index (χ2n) is 9.41. The number of rotatable bonds is 6. The maximum Gasteiger partial charge on any atom is 0.449 e. The fourth-order valence-electron chi connectivity index (χ4n) is 4.98. The van der Waals surface area contributed by atoms with Crippen LogP contribution in [0.5, 0.6) is 0 Å². The van der Waals surface area contributed by atoms with Gasteiger partial charge in [-0.15, -0.1) is 10.2 Å². The molecule has 6 rings (SSSR count). The number of anilines is 1. The van der Waals surface area contributed by atoms with Crippen molar-refractivity contribution >= 4 is 40.1 Å². The number of likely N-dealkylation sites (tertiary alicyclic amines) is 1. The van der Waals surface area contributed by atoms with E-state index in [-0.39, 0.29) is 29.5 Å². The lowest BCUT2D eigenvalue weighted by Crippen LogP contribution is -2.41. The first kappa shape index (κ1) is 25.6. The Morgan fingerprint density at radius 3 is 2.77 bits per heavy atom. The first-order valence-corrected chi connectivity index (χ1v) is 13.5. The molecule has 1 aliphatic heterocycles. The lowest BCUT2D eigenvalue weighted by molar-refractivity contribution is -0.0544. The summed E-state index contributed by atoms with van der Waals surface area (Å²) >= 11 is 1.63. The number of piperidine rings is 1. The van der Waals surface area contributed by atoms with Gasteiger partial charge in [-0.1, -0.05) is 0 Å². The lowest BCUT2D eigenvalue weighted by atomic mass is 9.86. The number of carbonyl (C=O) groups excluding carboxylic acids is 2. The Morgan fingerprint density at radius 1 is 1.20 bits per heavy atom. The Morgan fingerprint density at radius 2 is 2.05 bits per heavy atom. The van der Waals surface area contributed by atoms with Crippen LogP contribution in [0.15, 0.2) is 57.8 Å². The number of nitrogens with one attached hydrogen (secondary N) is 1. The van der Waals surface area contributed by atoms with E-state index in [4.69, 9.17) is 4.42 Å². The van der Waals surface area contributed by atoms with Crippen LogP contribution in [0.2, 0.25) is 0 Å². The van der Waals surface area contributed by atoms with Gasteiger partial charge in [0.15, 0.2) is 11.4 Å². The molecule has 1 aliphatic rings. The zero-order valence-corrected chi connectivity index (χ0v) is 22.0. The van der Waals surface area contributed by atoms with Crippen molar-refractivity contribution < 1.29 is 23.5 Å². The first-order valence-electron chi connectivity index (χ1n) is 12.5. The minimum atomic E-state index is -1.24. The van der Waals surface area contributed by atoms with Crippen LogP contribution in [0, 0.1) is 12.8 Å². The highest BCUT2D eigenvalue weighted by Crippen LogP contribution is 2.35. The number of hydrogen-bond donors (Lipinski definition) is 1. The molecule has 5 heterocycles. The van der Waals surface area contributed by atoms with E-state index >= 15 is 0 Å². The standard InChI is InChI=1S/C26H23FN8O4S/c1-15-31-33-35(32-15)23(18-7-11-40-14-18)16-5-9-34(10-6-16)25(36)21-12-17(4-8-28-21)24-30-20-13-19(29-26(37)39-27)2-3-22(20)38-24/h2-4,7-8,11-14,16,23H,5-6,9-10H2,1H3,(H,29,37)/t23-/m0/s1. The minimum Gasteiger partial charge on any atom is -0.436 e. The van der Waals surface area contributed by atoms with E-state index in [0.717, 1.165) is 18.4 Å². The zero-order chi connectivity index (χ0) is 27.6. The van der Waals surface area contributed by atoms with Gasteiger partial charge in [0.05, 0.1) is 0 Å². The van der Waals surface area contributed by atoms with Gasteiger partial charge in [-0.25, -0.2) is 14.7 Å². The van der Waals surface area contributed by atoms with Crippen LogP contribution in [0.25, 0.3) is 22.6 Å². The molecule has 0 bridgehead atoms. The predicted octanol–water partition coefficient (Wildman–Crippen LogP) is 4.82. The third-order valence-corrected chi connectivity index (χ3v) is 7.57. The van der Waals surface area contributed by atoms with Crippen molar-refractivity contribution in [3.8, 4) is 11.5 Å². The smallest absolute Gasteiger partial charge is 0.436 e. The predicted molar refractivity (Wildman–Crippen MR) is 142 cm³/mol. The molecule has 0 saturated carbocycles. The van der Waals surface area contributed by atoms with E-state index in [9.17, 15) is 14.1 Å². The summed E-state index contributed by atoms with van der Waals surface area (Å²) in [4.78, 5) is 39.9. The molecular formula is C26H23FN8O4S. The van der Waals surface area contributed by atoms with Gasteiger partial charge in [-0.05, 0) is 83.6 Å². The van der Waals surface area contributed by atoms with Gasteiger partial charge in [0.1, 0.15) is 17.3 Å². The molecule has 1 atom stereocenters. The molecule has 1 fully saturated rings. The molecule has 40 heavy (non-hydrogen) atoms. The van der Waals surface area contributed by atoms with E-state index in [1.54, 1.807) is 45.4 Å². The molecule has 1 aromatic carbocycles. The summed E-state index contributed by atoms with van der Waals surface area (Å²) in [6.07, 6.45) is 1.87. The minimum absolute atomic E-state index is 0.0383. The molecule has 2 amide bonds. The molecule has 204 valence electrons. The fraction of sp³-hybridized carbons (Fsp3) is 0.269. The van der Waals surface area contributed by atoms with Gasteiger partial charge in [-0.3, -0.25) is 15.1 Å². The average molecular weight is 563 g/mol. The van der Waals surface area contributed by atoms with Crippen LogP contribution in [0.1, 0.15) is 40.8 Å². The third kappa shape index (κ3) is 5.12. The number of carbonyl (C=O) groups is 2. The Bertz CT molecular complexity index is 1660. The molecule has 1 N–H and O–H groups in total. The van der Waals surface area contributed by atoms with Crippen molar-refractivity contribution in [3.05, 3.63) is 70.4 Å². The number of fused-ring (bicyclic) bond motifs is 1. The van der Waals surface area contributed by atoms with Gasteiger partial charge in [-0.2, -0.15) is 16.1 Å². The van der Waals surface area contributed by atoms with Crippen molar-refractivity contribution in [1.82, 2.24) is 35.1 Å². The maximum atomic E-state index is 13.4. The SMILES string of the molecule is Cc1nnn([C@H](c2ccsc2)C2CCN(C(=O)c3cc(-c4nc5cc(NC(=O)OF)ccc5o4)ccn3)CC2)n1. The monoisotopic (exact) mass is 562 g/mol. The summed E-state index contributed by atoms with van der Waals surface area (Å²) in [5.41, 5.74) is 3.19. The highest BCUT2D eigenvalue weighted by atomic mass is 32.1. The fourth-order valence-corrected chi connectivity index (χ4v) is 5.67. The Balaban J connectivity index is 1.16. The summed E-state index contributed by atoms with van der Waals surface area (Å²) in [7, 11) is 0. The second-order valence-corrected chi connectivity index (χ2v) is 10.2. The summed E-state index contributed by atoms with van der Waals surface area (Å²) < 4.78 is 17.9. The van der Waals surface area contributed by atoms with Crippen molar-refractivity contribution in [2.24, 2.45) is 5.92 Å². The van der Waals surface area contributed by atoms with Gasteiger partial charge in [0, 0.05) is 35.1 Å². The van der Waals surface area contributed by atoms with Crippen LogP contribution in [0.4, 0.5) is 15.0 Å². The molecule has 0 unspecified atom stereocenters. The van der Waals surface area contributed by atoms with Crippen molar-refractivity contribution in [2.45, 2.75) is 25.8 Å². The topological polar surface area (TPSA) is 141 Å². The Hall–Kier alpha value is -4.72. The number of tetrazole rings is 1. The number of pyridine rings is 1. The van der Waals surface area contributed by atoms with E-state index in [2.05, 4.69) is 47.1 Å². The van der Waals surface area contributed by atoms with E-state index < -0.39 is 6.09 Å². The summed E-state index contributed by atoms with van der Waals surface area (Å²) in [5, 5.41) is 19.2. The molecule has 14 heteroatoms. The Kier molecular flexibility index (Phi) is 6.90. The molecule has 0 aliphatic carbocycles. The number of amides is 2. The molecule has 12 nitrogen and oxygen atoms in total. The normalized spacial score (nSPS) is 14.8. The van der Waals surface area contributed by atoms with Crippen molar-refractivity contribution in [1.29, 1.82) is 0 Å². The number of aryl methyl sites for hydroxylation is 1. The molecule has 5 aromatic rings. The number of hydrogen-bond acceptors (Lipinski definition) is 10. The lowest BCUT2D eigenvalue weighted by Gasteiger charge is -2.35. The first-order chi connectivity index (χ1) is 19.5. The average Bonchev–Trinajstić information content (AvgIpc) is 3.75. The largest absolute Gasteiger partial charge is 0.449 e. The number of thiophene rings is 1. The van der Waals surface area contributed by atoms with Crippen LogP contribution in [0.3, 0.4) is 0 Å². The maximum absolute atomic E-state index is 13.4. The second kappa shape index (κ2) is 10.8. The number of nitrogens with zero attached hydrogens (tertiary/aromatic N) is 7. The van der Waals surface area contributed by atoms with Crippen LogP contribution in [-0.2, 0) is 4.94 Å². The third-order valence-electron chi connectivity index (χ3n) is 6.87. The molecular weight excluding hydrogens is 539 g/mol. The molecule has 0 spiro atoms. The van der Waals surface area contributed by atoms with Gasteiger partial charge in [0.25, 0.3) is 5.91 Å². The van der Waals surface area contributed by atoms with Gasteiger partial charge < -0.3 is 9.32 Å². The highest BCUT2D eigenvalue weighted by molar-refractivity contribution is 7.08. The van der Waals surface area contributed by atoms with E-state index in [0.29, 0.717) is 41.3 Å². The summed E-state index contributed by atoms with van der Waals surface area (Å²) in [5.74, 6) is 0.979. The molecule has 4 aromatic heterocycles. The highest BCUT2D eigenvalue weighted by Gasteiger charge is 2.33. The number of oxazole rings is 1. The van der Waals surface area contributed by atoms with E-state index in [1.807, 2.05) is 12.3 Å². The number of aromatic nitrogens is 6. The van der Waals surface area contributed by atoms with Crippen LogP contribution >= 0.6 is 11.3 Å². The Labute approximate surface area is 230 Å². The molecule has 0 radical (unpaired) electrons. The van der Waals surface area contributed by atoms with Gasteiger partial charge >= 0.3 is 6.09 Å². The van der Waals surface area contributed by atoms with Crippen molar-refractivity contribution in [2.75, 3.05) is 18.4 Å². The quantitative estimate of drug-likeness (QED) is 0.308. The molecule has 1 saturated heterocycles. The number of benzene rings is 1. The van der Waals surface area contributed by atoms with Crippen LogP contribution < -0.4 is 5.32 Å². The number of halogens is 1. The zero-order valence-electron chi connectivity index (χ0n) is 21.2. The summed E-state index contributed by atoms with van der Waals surface area (Å²) in [6.45, 7) is 2.96. The van der Waals surface area contributed by atoms with Crippen LogP contribution in [-0.4, -0.2) is 60.2 Å².